The van der Waals surface area contributed by atoms with E-state index < -0.39 is 0 Å². The van der Waals surface area contributed by atoms with Gasteiger partial charge in [0.05, 0.1) is 17.6 Å². The second-order valence-corrected chi connectivity index (χ2v) is 7.76. The second kappa shape index (κ2) is 10.7. The molecular formula is C24H25Cl2N5O2. The normalized spacial score (nSPS) is 15.4. The SMILES string of the molecule is Cl.Cl.N[C@H]1CCCN(c2ccncc2NC(=O)c2coc(-c3cccc4ccccc34)n2)C1. The standard InChI is InChI=1S/C24H23N5O2.2ClH/c25-17-7-4-12-29(14-17)22-10-11-26-13-20(22)27-23(30)21-15-31-24(28-21)19-9-3-6-16-5-1-2-8-18(16)19;;/h1-3,5-6,8-11,13,15,17H,4,7,12,14,25H2,(H,27,30);2*1H/t17-;;/m0../s1. The summed E-state index contributed by atoms with van der Waals surface area (Å²) < 4.78 is 5.66. The third-order valence-corrected chi connectivity index (χ3v) is 5.60. The fourth-order valence-electron chi connectivity index (χ4n) is 4.09. The number of pyridine rings is 1. The third kappa shape index (κ3) is 5.11. The Morgan fingerprint density at radius 1 is 1.12 bits per heavy atom. The van der Waals surface area contributed by atoms with Crippen LogP contribution in [0.15, 0.2) is 71.6 Å². The fraction of sp³-hybridized carbons (Fsp3) is 0.208. The Balaban J connectivity index is 0.00000153. The van der Waals surface area contributed by atoms with E-state index in [0.717, 1.165) is 48.0 Å². The predicted octanol–water partition coefficient (Wildman–Crippen LogP) is 4.91. The van der Waals surface area contributed by atoms with Crippen molar-refractivity contribution in [1.82, 2.24) is 9.97 Å². The summed E-state index contributed by atoms with van der Waals surface area (Å²) in [5.41, 5.74) is 8.75. The molecule has 0 radical (unpaired) electrons. The molecule has 5 rings (SSSR count). The zero-order valence-electron chi connectivity index (χ0n) is 17.8. The molecule has 1 aliphatic rings. The van der Waals surface area contributed by atoms with Crippen molar-refractivity contribution in [3.8, 4) is 11.5 Å². The number of amides is 1. The largest absolute Gasteiger partial charge is 0.444 e. The van der Waals surface area contributed by atoms with Crippen molar-refractivity contribution in [2.75, 3.05) is 23.3 Å². The number of anilines is 2. The van der Waals surface area contributed by atoms with Gasteiger partial charge in [0, 0.05) is 30.9 Å². The quantitative estimate of drug-likeness (QED) is 0.425. The predicted molar refractivity (Wildman–Crippen MR) is 136 cm³/mol. The maximum absolute atomic E-state index is 12.9. The molecule has 3 heterocycles. The monoisotopic (exact) mass is 485 g/mol. The van der Waals surface area contributed by atoms with Crippen molar-refractivity contribution >= 4 is 52.9 Å². The molecule has 0 saturated carbocycles. The van der Waals surface area contributed by atoms with E-state index in [1.54, 1.807) is 12.4 Å². The van der Waals surface area contributed by atoms with Gasteiger partial charge in [-0.2, -0.15) is 0 Å². The van der Waals surface area contributed by atoms with Crippen LogP contribution in [0.4, 0.5) is 11.4 Å². The number of piperidine rings is 1. The number of nitrogens with two attached hydrogens (primary N) is 1. The van der Waals surface area contributed by atoms with Crippen LogP contribution < -0.4 is 16.0 Å². The average Bonchev–Trinajstić information content (AvgIpc) is 3.29. The van der Waals surface area contributed by atoms with Gasteiger partial charge >= 0.3 is 0 Å². The Bertz CT molecular complexity index is 1240. The van der Waals surface area contributed by atoms with Gasteiger partial charge < -0.3 is 20.4 Å². The van der Waals surface area contributed by atoms with Gasteiger partial charge in [-0.05, 0) is 35.7 Å². The summed E-state index contributed by atoms with van der Waals surface area (Å²) in [5, 5.41) is 5.04. The van der Waals surface area contributed by atoms with Gasteiger partial charge in [0.25, 0.3) is 5.91 Å². The third-order valence-electron chi connectivity index (χ3n) is 5.60. The molecule has 3 N–H and O–H groups in total. The molecule has 0 unspecified atom stereocenters. The number of aromatic nitrogens is 2. The summed E-state index contributed by atoms with van der Waals surface area (Å²) in [7, 11) is 0. The van der Waals surface area contributed by atoms with E-state index in [1.807, 2.05) is 48.5 Å². The van der Waals surface area contributed by atoms with Gasteiger partial charge in [-0.25, -0.2) is 4.98 Å². The number of fused-ring (bicyclic) bond motifs is 1. The van der Waals surface area contributed by atoms with E-state index in [4.69, 9.17) is 10.2 Å². The molecule has 0 spiro atoms. The summed E-state index contributed by atoms with van der Waals surface area (Å²) >= 11 is 0. The summed E-state index contributed by atoms with van der Waals surface area (Å²) in [5.74, 6) is 0.0705. The fourth-order valence-corrected chi connectivity index (χ4v) is 4.09. The highest BCUT2D eigenvalue weighted by atomic mass is 35.5. The number of carbonyl (C=O) groups excluding carboxylic acids is 1. The van der Waals surface area contributed by atoms with Gasteiger partial charge in [0.15, 0.2) is 5.69 Å². The molecule has 2 aromatic heterocycles. The lowest BCUT2D eigenvalue weighted by atomic mass is 10.0. The topological polar surface area (TPSA) is 97.3 Å². The molecule has 0 bridgehead atoms. The maximum Gasteiger partial charge on any atom is 0.277 e. The lowest BCUT2D eigenvalue weighted by Crippen LogP contribution is -2.43. The van der Waals surface area contributed by atoms with Crippen LogP contribution in [0, 0.1) is 0 Å². The van der Waals surface area contributed by atoms with Crippen LogP contribution in [0.1, 0.15) is 23.3 Å². The van der Waals surface area contributed by atoms with Crippen LogP contribution >= 0.6 is 24.8 Å². The van der Waals surface area contributed by atoms with Gasteiger partial charge in [-0.3, -0.25) is 9.78 Å². The number of oxazole rings is 1. The minimum atomic E-state index is -0.342. The molecule has 172 valence electrons. The number of carbonyl (C=O) groups is 1. The zero-order valence-corrected chi connectivity index (χ0v) is 19.4. The molecule has 0 aliphatic carbocycles. The minimum absolute atomic E-state index is 0. The number of benzene rings is 2. The second-order valence-electron chi connectivity index (χ2n) is 7.76. The number of rotatable bonds is 4. The van der Waals surface area contributed by atoms with E-state index in [-0.39, 0.29) is 42.5 Å². The van der Waals surface area contributed by atoms with Crippen molar-refractivity contribution in [2.24, 2.45) is 5.73 Å². The Labute approximate surface area is 204 Å². The van der Waals surface area contributed by atoms with Crippen molar-refractivity contribution in [3.05, 3.63) is 72.9 Å². The molecular weight excluding hydrogens is 461 g/mol. The molecule has 1 amide bonds. The molecule has 1 saturated heterocycles. The van der Waals surface area contributed by atoms with Crippen LogP contribution in [0.2, 0.25) is 0 Å². The molecule has 2 aromatic carbocycles. The van der Waals surface area contributed by atoms with Crippen molar-refractivity contribution in [1.29, 1.82) is 0 Å². The minimum Gasteiger partial charge on any atom is -0.444 e. The smallest absolute Gasteiger partial charge is 0.277 e. The number of nitrogens with one attached hydrogen (secondary N) is 1. The van der Waals surface area contributed by atoms with Crippen LogP contribution in [0.3, 0.4) is 0 Å². The van der Waals surface area contributed by atoms with Crippen LogP contribution in [-0.4, -0.2) is 35.0 Å². The maximum atomic E-state index is 12.9. The summed E-state index contributed by atoms with van der Waals surface area (Å²) in [6, 6.07) is 16.0. The highest BCUT2D eigenvalue weighted by Gasteiger charge is 2.21. The van der Waals surface area contributed by atoms with E-state index in [1.165, 1.54) is 6.26 Å². The van der Waals surface area contributed by atoms with Crippen molar-refractivity contribution < 1.29 is 9.21 Å². The first-order valence-corrected chi connectivity index (χ1v) is 10.4. The molecule has 33 heavy (non-hydrogen) atoms. The zero-order chi connectivity index (χ0) is 21.2. The van der Waals surface area contributed by atoms with E-state index in [2.05, 4.69) is 20.2 Å². The summed E-state index contributed by atoms with van der Waals surface area (Å²) in [4.78, 5) is 23.7. The number of hydrogen-bond acceptors (Lipinski definition) is 6. The first kappa shape index (κ1) is 24.5. The first-order valence-electron chi connectivity index (χ1n) is 10.4. The van der Waals surface area contributed by atoms with Gasteiger partial charge in [0.2, 0.25) is 5.89 Å². The molecule has 7 nitrogen and oxygen atoms in total. The molecule has 1 atom stereocenters. The lowest BCUT2D eigenvalue weighted by Gasteiger charge is -2.33. The first-order chi connectivity index (χ1) is 15.2. The van der Waals surface area contributed by atoms with Crippen LogP contribution in [-0.2, 0) is 0 Å². The molecule has 4 aromatic rings. The van der Waals surface area contributed by atoms with E-state index in [9.17, 15) is 4.79 Å². The highest BCUT2D eigenvalue weighted by molar-refractivity contribution is 6.05. The van der Waals surface area contributed by atoms with Crippen LogP contribution in [0.25, 0.3) is 22.2 Å². The van der Waals surface area contributed by atoms with Gasteiger partial charge in [-0.15, -0.1) is 24.8 Å². The van der Waals surface area contributed by atoms with Gasteiger partial charge in [0.1, 0.15) is 6.26 Å². The number of nitrogens with zero attached hydrogens (tertiary/aromatic N) is 3. The summed E-state index contributed by atoms with van der Waals surface area (Å²) in [6.45, 7) is 1.65. The Morgan fingerprint density at radius 3 is 2.79 bits per heavy atom. The highest BCUT2D eigenvalue weighted by Crippen LogP contribution is 2.30. The molecule has 1 fully saturated rings. The Hall–Kier alpha value is -3.13. The average molecular weight is 486 g/mol. The Morgan fingerprint density at radius 2 is 1.94 bits per heavy atom. The summed E-state index contributed by atoms with van der Waals surface area (Å²) in [6.07, 6.45) is 6.80. The van der Waals surface area contributed by atoms with Crippen LogP contribution in [0.5, 0.6) is 0 Å². The number of hydrogen-bond donors (Lipinski definition) is 2. The van der Waals surface area contributed by atoms with Crippen molar-refractivity contribution in [2.45, 2.75) is 18.9 Å². The number of halogens is 2. The van der Waals surface area contributed by atoms with Crippen molar-refractivity contribution in [3.63, 3.8) is 0 Å². The molecule has 1 aliphatic heterocycles. The molecule has 9 heteroatoms. The lowest BCUT2D eigenvalue weighted by molar-refractivity contribution is 0.102. The van der Waals surface area contributed by atoms with Gasteiger partial charge in [-0.1, -0.05) is 36.4 Å². The van der Waals surface area contributed by atoms with E-state index in [0.29, 0.717) is 11.6 Å². The Kier molecular flexibility index (Phi) is 7.92. The van der Waals surface area contributed by atoms with E-state index >= 15 is 0 Å².